The number of rotatable bonds is 5. The van der Waals surface area contributed by atoms with Gasteiger partial charge in [-0.3, -0.25) is 4.79 Å². The number of halogens is 4. The van der Waals surface area contributed by atoms with Crippen LogP contribution in [0.25, 0.3) is 0 Å². The first-order valence-corrected chi connectivity index (χ1v) is 8.06. The maximum atomic E-state index is 13.6. The van der Waals surface area contributed by atoms with Gasteiger partial charge in [0.25, 0.3) is 5.91 Å². The van der Waals surface area contributed by atoms with Crippen LogP contribution in [-0.4, -0.2) is 15.7 Å². The Labute approximate surface area is 157 Å². The van der Waals surface area contributed by atoms with Gasteiger partial charge in [0.2, 0.25) is 0 Å². The molecule has 5 nitrogen and oxygen atoms in total. The highest BCUT2D eigenvalue weighted by Crippen LogP contribution is 2.32. The lowest BCUT2D eigenvalue weighted by molar-refractivity contribution is 0.101. The number of hydrogen-bond donors (Lipinski definition) is 1. The Bertz CT molecular complexity index is 943. The van der Waals surface area contributed by atoms with E-state index in [0.717, 1.165) is 12.1 Å². The third-order valence-corrected chi connectivity index (χ3v) is 3.91. The number of nitrogens with one attached hydrogen (secondary N) is 1. The van der Waals surface area contributed by atoms with Gasteiger partial charge in [-0.15, -0.1) is 0 Å². The summed E-state index contributed by atoms with van der Waals surface area (Å²) in [6.07, 6.45) is 1.50. The Morgan fingerprint density at radius 1 is 1.15 bits per heavy atom. The van der Waals surface area contributed by atoms with Gasteiger partial charge < -0.3 is 10.1 Å². The van der Waals surface area contributed by atoms with E-state index in [1.54, 1.807) is 18.2 Å². The van der Waals surface area contributed by atoms with E-state index in [-0.39, 0.29) is 18.1 Å². The number of ether oxygens (including phenoxy) is 1. The molecule has 2 aromatic carbocycles. The molecule has 26 heavy (non-hydrogen) atoms. The van der Waals surface area contributed by atoms with Gasteiger partial charge >= 0.3 is 0 Å². The van der Waals surface area contributed by atoms with Gasteiger partial charge in [-0.05, 0) is 30.3 Å². The maximum absolute atomic E-state index is 13.6. The van der Waals surface area contributed by atoms with E-state index >= 15 is 0 Å². The van der Waals surface area contributed by atoms with E-state index in [2.05, 4.69) is 10.4 Å². The first kappa shape index (κ1) is 18.2. The van der Waals surface area contributed by atoms with Crippen molar-refractivity contribution in [3.05, 3.63) is 76.0 Å². The van der Waals surface area contributed by atoms with Crippen molar-refractivity contribution in [1.82, 2.24) is 9.78 Å². The van der Waals surface area contributed by atoms with E-state index in [9.17, 15) is 13.6 Å². The van der Waals surface area contributed by atoms with Gasteiger partial charge in [-0.2, -0.15) is 5.10 Å². The van der Waals surface area contributed by atoms with Crippen molar-refractivity contribution in [3.63, 3.8) is 0 Å². The predicted octanol–water partition coefficient (Wildman–Crippen LogP) is 4.76. The van der Waals surface area contributed by atoms with Gasteiger partial charge in [0, 0.05) is 12.3 Å². The molecule has 1 amide bonds. The van der Waals surface area contributed by atoms with Crippen LogP contribution in [0.3, 0.4) is 0 Å². The highest BCUT2D eigenvalue weighted by molar-refractivity contribution is 6.37. The van der Waals surface area contributed by atoms with Gasteiger partial charge in [-0.25, -0.2) is 13.5 Å². The van der Waals surface area contributed by atoms with Crippen molar-refractivity contribution in [2.24, 2.45) is 0 Å². The molecule has 3 aromatic rings. The molecule has 0 radical (unpaired) electrons. The molecule has 0 saturated heterocycles. The summed E-state index contributed by atoms with van der Waals surface area (Å²) in [6.45, 7) is -0.0400. The van der Waals surface area contributed by atoms with Crippen LogP contribution < -0.4 is 10.1 Å². The molecular formula is C17H11Cl2F2N3O2. The molecule has 0 saturated carbocycles. The zero-order chi connectivity index (χ0) is 18.7. The molecule has 0 aliphatic heterocycles. The Hall–Kier alpha value is -2.64. The largest absolute Gasteiger partial charge is 0.468 e. The van der Waals surface area contributed by atoms with Crippen LogP contribution in [0.2, 0.25) is 10.0 Å². The molecule has 0 aliphatic carbocycles. The fourth-order valence-corrected chi connectivity index (χ4v) is 2.59. The lowest BCUT2D eigenvalue weighted by Gasteiger charge is -2.09. The standard InChI is InChI=1S/C17H11Cl2F2N3O2/c18-11-2-1-3-12(19)16(11)26-9-24-7-6-15(23-24)17(25)22-14-5-4-10(20)8-13(14)21/h1-8H,9H2,(H,22,25). The molecule has 0 unspecified atom stereocenters. The van der Waals surface area contributed by atoms with Crippen molar-refractivity contribution >= 4 is 34.8 Å². The summed E-state index contributed by atoms with van der Waals surface area (Å²) in [7, 11) is 0. The van der Waals surface area contributed by atoms with Crippen LogP contribution in [0.4, 0.5) is 14.5 Å². The highest BCUT2D eigenvalue weighted by atomic mass is 35.5. The van der Waals surface area contributed by atoms with E-state index in [4.69, 9.17) is 27.9 Å². The summed E-state index contributed by atoms with van der Waals surface area (Å²) in [4.78, 5) is 12.1. The maximum Gasteiger partial charge on any atom is 0.276 e. The van der Waals surface area contributed by atoms with Crippen molar-refractivity contribution < 1.29 is 18.3 Å². The number of nitrogens with zero attached hydrogens (tertiary/aromatic N) is 2. The molecule has 0 bridgehead atoms. The molecule has 9 heteroatoms. The summed E-state index contributed by atoms with van der Waals surface area (Å²) >= 11 is 12.0. The minimum Gasteiger partial charge on any atom is -0.468 e. The second-order valence-corrected chi connectivity index (χ2v) is 5.96. The van der Waals surface area contributed by atoms with E-state index < -0.39 is 17.5 Å². The van der Waals surface area contributed by atoms with Gasteiger partial charge in [-0.1, -0.05) is 29.3 Å². The number of amides is 1. The first-order chi connectivity index (χ1) is 12.4. The third kappa shape index (κ3) is 4.12. The van der Waals surface area contributed by atoms with Crippen LogP contribution in [0.1, 0.15) is 10.5 Å². The first-order valence-electron chi connectivity index (χ1n) is 7.30. The van der Waals surface area contributed by atoms with Crippen molar-refractivity contribution in [2.45, 2.75) is 6.73 Å². The molecule has 1 heterocycles. The zero-order valence-electron chi connectivity index (χ0n) is 13.0. The van der Waals surface area contributed by atoms with Crippen molar-refractivity contribution in [2.75, 3.05) is 5.32 Å². The van der Waals surface area contributed by atoms with Gasteiger partial charge in [0.1, 0.15) is 11.6 Å². The number of benzene rings is 2. The Balaban J connectivity index is 1.66. The topological polar surface area (TPSA) is 56.2 Å². The number of carbonyl (C=O) groups is 1. The minimum absolute atomic E-state index is 0.0302. The Morgan fingerprint density at radius 3 is 2.58 bits per heavy atom. The van der Waals surface area contributed by atoms with E-state index in [1.807, 2.05) is 0 Å². The molecule has 0 fully saturated rings. The van der Waals surface area contributed by atoms with Gasteiger partial charge in [0.05, 0.1) is 15.7 Å². The Morgan fingerprint density at radius 2 is 1.88 bits per heavy atom. The van der Waals surface area contributed by atoms with Gasteiger partial charge in [0.15, 0.2) is 18.2 Å². The third-order valence-electron chi connectivity index (χ3n) is 3.31. The van der Waals surface area contributed by atoms with Crippen LogP contribution >= 0.6 is 23.2 Å². The molecule has 3 rings (SSSR count). The molecule has 0 aliphatic rings. The average molecular weight is 398 g/mol. The SMILES string of the molecule is O=C(Nc1ccc(F)cc1F)c1ccn(COc2c(Cl)cccc2Cl)n1. The lowest BCUT2D eigenvalue weighted by atomic mass is 10.3. The van der Waals surface area contributed by atoms with Crippen LogP contribution in [-0.2, 0) is 6.73 Å². The monoisotopic (exact) mass is 397 g/mol. The van der Waals surface area contributed by atoms with Crippen LogP contribution in [0.15, 0.2) is 48.7 Å². The van der Waals surface area contributed by atoms with Crippen molar-refractivity contribution in [1.29, 1.82) is 0 Å². The summed E-state index contributed by atoms with van der Waals surface area (Å²) in [6, 6.07) is 9.21. The molecule has 1 N–H and O–H groups in total. The lowest BCUT2D eigenvalue weighted by Crippen LogP contribution is -2.15. The second kappa shape index (κ2) is 7.72. The number of hydrogen-bond acceptors (Lipinski definition) is 3. The molecule has 134 valence electrons. The molecule has 0 atom stereocenters. The number of para-hydroxylation sites is 1. The molecular weight excluding hydrogens is 387 g/mol. The highest BCUT2D eigenvalue weighted by Gasteiger charge is 2.13. The fraction of sp³-hybridized carbons (Fsp3) is 0.0588. The van der Waals surface area contributed by atoms with Crippen LogP contribution in [0.5, 0.6) is 5.75 Å². The second-order valence-electron chi connectivity index (χ2n) is 5.14. The number of aromatic nitrogens is 2. The molecule has 0 spiro atoms. The quantitative estimate of drug-likeness (QED) is 0.675. The van der Waals surface area contributed by atoms with E-state index in [0.29, 0.717) is 21.9 Å². The van der Waals surface area contributed by atoms with Crippen LogP contribution in [0, 0.1) is 11.6 Å². The smallest absolute Gasteiger partial charge is 0.276 e. The van der Waals surface area contributed by atoms with E-state index in [1.165, 1.54) is 16.9 Å². The summed E-state index contributed by atoms with van der Waals surface area (Å²) < 4.78 is 33.3. The summed E-state index contributed by atoms with van der Waals surface area (Å²) in [5, 5.41) is 7.03. The minimum atomic E-state index is -0.880. The molecule has 1 aromatic heterocycles. The zero-order valence-corrected chi connectivity index (χ0v) is 14.6. The van der Waals surface area contributed by atoms with Crippen molar-refractivity contribution in [3.8, 4) is 5.75 Å². The predicted molar refractivity (Wildman–Crippen MR) is 93.6 cm³/mol. The number of carbonyl (C=O) groups excluding carboxylic acids is 1. The number of anilines is 1. The normalized spacial score (nSPS) is 10.6. The summed E-state index contributed by atoms with van der Waals surface area (Å²) in [5.41, 5.74) is -0.118. The summed E-state index contributed by atoms with van der Waals surface area (Å²) in [5.74, 6) is -1.97. The average Bonchev–Trinajstić information content (AvgIpc) is 3.06. The fourth-order valence-electron chi connectivity index (χ4n) is 2.08. The Kier molecular flexibility index (Phi) is 5.39.